The van der Waals surface area contributed by atoms with Gasteiger partial charge in [0.25, 0.3) is 0 Å². The van der Waals surface area contributed by atoms with E-state index in [0.717, 1.165) is 17.3 Å². The van der Waals surface area contributed by atoms with Gasteiger partial charge < -0.3 is 24.3 Å². The highest BCUT2D eigenvalue weighted by molar-refractivity contribution is 5.94. The van der Waals surface area contributed by atoms with Gasteiger partial charge in [0.15, 0.2) is 5.79 Å². The normalized spacial score (nSPS) is 20.4. The van der Waals surface area contributed by atoms with Crippen molar-refractivity contribution in [1.82, 2.24) is 4.98 Å². The van der Waals surface area contributed by atoms with Crippen molar-refractivity contribution in [1.29, 1.82) is 0 Å². The van der Waals surface area contributed by atoms with Crippen molar-refractivity contribution in [3.05, 3.63) is 30.0 Å². The van der Waals surface area contributed by atoms with Crippen LogP contribution in [0.25, 0.3) is 10.9 Å². The van der Waals surface area contributed by atoms with Crippen LogP contribution < -0.4 is 4.74 Å². The number of aromatic amines is 1. The fraction of sp³-hybridized carbons (Fsp3) is 0.438. The summed E-state index contributed by atoms with van der Waals surface area (Å²) in [5.74, 6) is -0.775. The van der Waals surface area contributed by atoms with Crippen LogP contribution in [-0.2, 0) is 9.47 Å². The largest absolute Gasteiger partial charge is 0.493 e. The number of aromatic nitrogens is 1. The summed E-state index contributed by atoms with van der Waals surface area (Å²) in [6, 6.07) is 7.06. The second kappa shape index (κ2) is 5.62. The molecular weight excluding hydrogens is 286 g/mol. The van der Waals surface area contributed by atoms with Gasteiger partial charge in [0.1, 0.15) is 11.4 Å². The minimum absolute atomic E-state index is 0.0459. The zero-order chi connectivity index (χ0) is 15.7. The maximum Gasteiger partial charge on any atom is 0.352 e. The Balaban J connectivity index is 1.59. The van der Waals surface area contributed by atoms with Crippen LogP contribution in [0, 0.1) is 0 Å². The van der Waals surface area contributed by atoms with E-state index < -0.39 is 11.8 Å². The van der Waals surface area contributed by atoms with Gasteiger partial charge in [-0.05, 0) is 38.1 Å². The number of carbonyl (C=O) groups is 1. The number of benzene rings is 1. The topological polar surface area (TPSA) is 80.8 Å². The molecule has 2 aromatic rings. The summed E-state index contributed by atoms with van der Waals surface area (Å²) in [6.07, 6.45) is 0.791. The Bertz CT molecular complexity index is 691. The smallest absolute Gasteiger partial charge is 0.352 e. The lowest BCUT2D eigenvalue weighted by atomic mass is 10.2. The van der Waals surface area contributed by atoms with Crippen LogP contribution in [0.4, 0.5) is 0 Å². The van der Waals surface area contributed by atoms with Crippen molar-refractivity contribution in [2.75, 3.05) is 13.2 Å². The van der Waals surface area contributed by atoms with Crippen molar-refractivity contribution in [3.63, 3.8) is 0 Å². The molecule has 0 aliphatic carbocycles. The number of aromatic carboxylic acids is 1. The summed E-state index contributed by atoms with van der Waals surface area (Å²) >= 11 is 0. The van der Waals surface area contributed by atoms with E-state index in [1.165, 1.54) is 0 Å². The monoisotopic (exact) mass is 305 g/mol. The van der Waals surface area contributed by atoms with Gasteiger partial charge in [0.2, 0.25) is 0 Å². The van der Waals surface area contributed by atoms with Crippen LogP contribution in [0.5, 0.6) is 5.75 Å². The molecule has 118 valence electrons. The van der Waals surface area contributed by atoms with Gasteiger partial charge in [-0.1, -0.05) is 0 Å². The molecule has 1 fully saturated rings. The molecule has 1 saturated heterocycles. The molecule has 0 spiro atoms. The molecule has 2 N–H and O–H groups in total. The van der Waals surface area contributed by atoms with Gasteiger partial charge in [0.05, 0.1) is 19.3 Å². The Kier molecular flexibility index (Phi) is 3.80. The summed E-state index contributed by atoms with van der Waals surface area (Å²) < 4.78 is 16.9. The van der Waals surface area contributed by atoms with E-state index in [0.29, 0.717) is 19.0 Å². The van der Waals surface area contributed by atoms with Gasteiger partial charge in [0, 0.05) is 17.3 Å². The van der Waals surface area contributed by atoms with E-state index in [2.05, 4.69) is 4.98 Å². The summed E-state index contributed by atoms with van der Waals surface area (Å²) in [6.45, 7) is 4.89. The molecule has 1 aromatic carbocycles. The molecular formula is C16H19NO5. The highest BCUT2D eigenvalue weighted by atomic mass is 16.7. The Morgan fingerprint density at radius 3 is 2.95 bits per heavy atom. The van der Waals surface area contributed by atoms with Crippen molar-refractivity contribution in [2.24, 2.45) is 0 Å². The van der Waals surface area contributed by atoms with Crippen LogP contribution in [0.15, 0.2) is 24.3 Å². The fourth-order valence-corrected chi connectivity index (χ4v) is 2.53. The molecule has 22 heavy (non-hydrogen) atoms. The highest BCUT2D eigenvalue weighted by Gasteiger charge is 2.32. The molecule has 3 rings (SSSR count). The number of carboxylic acid groups (broad SMARTS) is 1. The molecule has 1 aliphatic rings. The van der Waals surface area contributed by atoms with Crippen LogP contribution in [-0.4, -0.2) is 41.2 Å². The van der Waals surface area contributed by atoms with E-state index in [1.54, 1.807) is 6.07 Å². The Labute approximate surface area is 128 Å². The molecule has 6 nitrogen and oxygen atoms in total. The number of hydrogen-bond acceptors (Lipinski definition) is 4. The molecule has 1 atom stereocenters. The summed E-state index contributed by atoms with van der Waals surface area (Å²) in [5.41, 5.74) is 0.949. The SMILES string of the molecule is CC1(C)OC[C@H](CCOc2ccc3[nH]c(C(=O)O)cc3c2)O1. The van der Waals surface area contributed by atoms with E-state index in [4.69, 9.17) is 19.3 Å². The van der Waals surface area contributed by atoms with E-state index in [-0.39, 0.29) is 11.8 Å². The second-order valence-electron chi connectivity index (χ2n) is 5.83. The number of H-pyrrole nitrogens is 1. The molecule has 1 aromatic heterocycles. The molecule has 0 bridgehead atoms. The minimum Gasteiger partial charge on any atom is -0.493 e. The van der Waals surface area contributed by atoms with E-state index >= 15 is 0 Å². The quantitative estimate of drug-likeness (QED) is 0.887. The third-order valence-electron chi connectivity index (χ3n) is 3.60. The fourth-order valence-electron chi connectivity index (χ4n) is 2.53. The first-order valence-corrected chi connectivity index (χ1v) is 7.24. The van der Waals surface area contributed by atoms with Crippen LogP contribution in [0.1, 0.15) is 30.8 Å². The number of fused-ring (bicyclic) bond motifs is 1. The minimum atomic E-state index is -0.973. The molecule has 0 saturated carbocycles. The first-order valence-electron chi connectivity index (χ1n) is 7.24. The van der Waals surface area contributed by atoms with E-state index in [1.807, 2.05) is 32.0 Å². The number of carboxylic acids is 1. The average Bonchev–Trinajstić information content (AvgIpc) is 3.01. The summed E-state index contributed by atoms with van der Waals surface area (Å²) in [7, 11) is 0. The van der Waals surface area contributed by atoms with Gasteiger partial charge in [-0.3, -0.25) is 0 Å². The van der Waals surface area contributed by atoms with Crippen molar-refractivity contribution in [2.45, 2.75) is 32.2 Å². The lowest BCUT2D eigenvalue weighted by molar-refractivity contribution is -0.139. The van der Waals surface area contributed by atoms with E-state index in [9.17, 15) is 4.79 Å². The number of nitrogens with one attached hydrogen (secondary N) is 1. The molecule has 0 amide bonds. The number of ether oxygens (including phenoxy) is 3. The maximum atomic E-state index is 10.9. The Morgan fingerprint density at radius 1 is 1.45 bits per heavy atom. The van der Waals surface area contributed by atoms with Crippen molar-refractivity contribution in [3.8, 4) is 5.75 Å². The number of hydrogen-bond donors (Lipinski definition) is 2. The second-order valence-corrected chi connectivity index (χ2v) is 5.83. The predicted octanol–water partition coefficient (Wildman–Crippen LogP) is 2.79. The third kappa shape index (κ3) is 3.23. The first kappa shape index (κ1) is 14.9. The van der Waals surface area contributed by atoms with Gasteiger partial charge in [-0.2, -0.15) is 0 Å². The van der Waals surface area contributed by atoms with Crippen LogP contribution >= 0.6 is 0 Å². The van der Waals surface area contributed by atoms with Crippen LogP contribution in [0.2, 0.25) is 0 Å². The molecule has 6 heteroatoms. The first-order chi connectivity index (χ1) is 10.4. The summed E-state index contributed by atoms with van der Waals surface area (Å²) in [5, 5.41) is 9.79. The van der Waals surface area contributed by atoms with Crippen molar-refractivity contribution >= 4 is 16.9 Å². The molecule has 2 heterocycles. The molecule has 0 unspecified atom stereocenters. The standard InChI is InChI=1S/C16H19NO5/c1-16(2)21-9-12(22-16)5-6-20-11-3-4-13-10(7-11)8-14(17-13)15(18)19/h3-4,7-8,12,17H,5-6,9H2,1-2H3,(H,18,19)/t12-/m0/s1. The zero-order valence-corrected chi connectivity index (χ0v) is 12.6. The van der Waals surface area contributed by atoms with Gasteiger partial charge in [-0.25, -0.2) is 4.79 Å². The lowest BCUT2D eigenvalue weighted by Gasteiger charge is -2.17. The molecule has 1 aliphatic heterocycles. The highest BCUT2D eigenvalue weighted by Crippen LogP contribution is 2.25. The van der Waals surface area contributed by atoms with Gasteiger partial charge >= 0.3 is 5.97 Å². The lowest BCUT2D eigenvalue weighted by Crippen LogP contribution is -2.22. The zero-order valence-electron chi connectivity index (χ0n) is 12.6. The molecule has 0 radical (unpaired) electrons. The average molecular weight is 305 g/mol. The van der Waals surface area contributed by atoms with Crippen LogP contribution in [0.3, 0.4) is 0 Å². The predicted molar refractivity (Wildman–Crippen MR) is 80.3 cm³/mol. The van der Waals surface area contributed by atoms with Crippen molar-refractivity contribution < 1.29 is 24.1 Å². The Morgan fingerprint density at radius 2 is 2.27 bits per heavy atom. The number of rotatable bonds is 5. The third-order valence-corrected chi connectivity index (χ3v) is 3.60. The summed E-state index contributed by atoms with van der Waals surface area (Å²) in [4.78, 5) is 13.8. The van der Waals surface area contributed by atoms with Gasteiger partial charge in [-0.15, -0.1) is 0 Å². The Hall–Kier alpha value is -2.05. The maximum absolute atomic E-state index is 10.9.